The summed E-state index contributed by atoms with van der Waals surface area (Å²) in [5, 5.41) is -0.234. The molecule has 0 aromatic heterocycles. The Morgan fingerprint density at radius 3 is 2.57 bits per heavy atom. The second-order valence-corrected chi connectivity index (χ2v) is 5.51. The van der Waals surface area contributed by atoms with Crippen LogP contribution >= 0.6 is 11.6 Å². The van der Waals surface area contributed by atoms with E-state index >= 15 is 0 Å². The summed E-state index contributed by atoms with van der Waals surface area (Å²) in [6.07, 6.45) is 0. The number of hydrogen-bond donors (Lipinski definition) is 0. The molecule has 0 N–H and O–H groups in total. The molecule has 0 fully saturated rings. The van der Waals surface area contributed by atoms with Crippen molar-refractivity contribution in [1.29, 1.82) is 0 Å². The molecule has 0 unspecified atom stereocenters. The van der Waals surface area contributed by atoms with Gasteiger partial charge in [0.05, 0.1) is 16.3 Å². The Balaban J connectivity index is 2.35. The van der Waals surface area contributed by atoms with E-state index in [2.05, 4.69) is 0 Å². The molecule has 1 aromatic carbocycles. The van der Waals surface area contributed by atoms with Crippen molar-refractivity contribution < 1.29 is 18.8 Å². The van der Waals surface area contributed by atoms with Crippen LogP contribution in [0.5, 0.6) is 0 Å². The number of anilines is 1. The highest BCUT2D eigenvalue weighted by atomic mass is 35.5. The van der Waals surface area contributed by atoms with Gasteiger partial charge in [-0.1, -0.05) is 11.6 Å². The van der Waals surface area contributed by atoms with Gasteiger partial charge in [-0.25, -0.2) is 4.39 Å². The number of likely N-dealkylation sites (N-methyl/N-ethyl adjacent to an activating group) is 1. The maximum absolute atomic E-state index is 13.5. The first-order valence-corrected chi connectivity index (χ1v) is 6.72. The number of amides is 2. The molecule has 0 saturated heterocycles. The average Bonchev–Trinajstić information content (AvgIpc) is 2.64. The van der Waals surface area contributed by atoms with E-state index in [0.29, 0.717) is 0 Å². The van der Waals surface area contributed by atoms with Gasteiger partial charge in [-0.2, -0.15) is 0 Å². The Hall–Kier alpha value is -1.95. The van der Waals surface area contributed by atoms with Crippen LogP contribution in [0, 0.1) is 5.82 Å². The molecule has 0 saturated carbocycles. The molecule has 2 amide bonds. The van der Waals surface area contributed by atoms with Crippen LogP contribution in [0.4, 0.5) is 10.1 Å². The lowest BCUT2D eigenvalue weighted by Crippen LogP contribution is -2.43. The normalized spacial score (nSPS) is 13.9. The Morgan fingerprint density at radius 1 is 1.38 bits per heavy atom. The summed E-state index contributed by atoms with van der Waals surface area (Å²) in [7, 11) is 1.60. The van der Waals surface area contributed by atoms with Crippen molar-refractivity contribution in [3.05, 3.63) is 28.5 Å². The van der Waals surface area contributed by atoms with E-state index in [1.807, 2.05) is 13.8 Å². The van der Waals surface area contributed by atoms with Crippen molar-refractivity contribution in [3.8, 4) is 0 Å². The highest BCUT2D eigenvalue weighted by Crippen LogP contribution is 2.33. The molecule has 21 heavy (non-hydrogen) atoms. The van der Waals surface area contributed by atoms with Gasteiger partial charge in [0.15, 0.2) is 0 Å². The quantitative estimate of drug-likeness (QED) is 0.801. The fourth-order valence-electron chi connectivity index (χ4n) is 1.98. The summed E-state index contributed by atoms with van der Waals surface area (Å²) < 4.78 is 13.5. The van der Waals surface area contributed by atoms with E-state index in [4.69, 9.17) is 11.6 Å². The molecule has 0 spiro atoms. The molecular weight excluding hydrogens is 299 g/mol. The number of halogens is 2. The first-order valence-electron chi connectivity index (χ1n) is 6.35. The molecule has 0 atom stereocenters. The molecule has 1 aliphatic heterocycles. The highest BCUT2D eigenvalue weighted by molar-refractivity contribution is 6.53. The highest BCUT2D eigenvalue weighted by Gasteiger charge is 2.38. The molecule has 7 heteroatoms. The zero-order valence-electron chi connectivity index (χ0n) is 11.8. The van der Waals surface area contributed by atoms with Gasteiger partial charge in [0.25, 0.3) is 11.7 Å². The number of rotatable bonds is 3. The van der Waals surface area contributed by atoms with Crippen LogP contribution in [0.1, 0.15) is 24.2 Å². The number of hydrogen-bond acceptors (Lipinski definition) is 3. The lowest BCUT2D eigenvalue weighted by molar-refractivity contribution is -0.131. The molecular formula is C14H14ClFN2O3. The summed E-state index contributed by atoms with van der Waals surface area (Å²) in [5.41, 5.74) is 0.101. The molecule has 112 valence electrons. The van der Waals surface area contributed by atoms with Gasteiger partial charge in [0.1, 0.15) is 12.4 Å². The zero-order valence-corrected chi connectivity index (χ0v) is 12.6. The predicted molar refractivity (Wildman–Crippen MR) is 76.0 cm³/mol. The van der Waals surface area contributed by atoms with Crippen LogP contribution < -0.4 is 4.90 Å². The Morgan fingerprint density at radius 2 is 2.00 bits per heavy atom. The molecule has 1 aliphatic rings. The van der Waals surface area contributed by atoms with Crippen molar-refractivity contribution >= 4 is 34.9 Å². The van der Waals surface area contributed by atoms with Crippen molar-refractivity contribution in [2.45, 2.75) is 19.9 Å². The predicted octanol–water partition coefficient (Wildman–Crippen LogP) is 1.88. The third-order valence-electron chi connectivity index (χ3n) is 3.47. The summed E-state index contributed by atoms with van der Waals surface area (Å²) in [4.78, 5) is 38.3. The van der Waals surface area contributed by atoms with E-state index in [1.54, 1.807) is 7.05 Å². The number of Topliss-reactive ketones (excluding diaryl/α,β-unsaturated/α-hetero) is 1. The van der Waals surface area contributed by atoms with E-state index in [0.717, 1.165) is 17.0 Å². The van der Waals surface area contributed by atoms with Gasteiger partial charge in [-0.3, -0.25) is 19.3 Å². The van der Waals surface area contributed by atoms with Gasteiger partial charge in [0.2, 0.25) is 5.91 Å². The van der Waals surface area contributed by atoms with Crippen LogP contribution in [-0.4, -0.2) is 42.1 Å². The van der Waals surface area contributed by atoms with Crippen LogP contribution in [0.2, 0.25) is 5.02 Å². The standard InChI is InChI=1S/C14H14ClFN2O3/c1-7(2)17(3)12(19)6-18-11-5-10(16)9(15)4-8(11)13(20)14(18)21/h4-5,7H,6H2,1-3H3. The van der Waals surface area contributed by atoms with E-state index in [-0.39, 0.29) is 34.8 Å². The van der Waals surface area contributed by atoms with Crippen LogP contribution in [0.25, 0.3) is 0 Å². The van der Waals surface area contributed by atoms with Crippen molar-refractivity contribution in [1.82, 2.24) is 4.90 Å². The topological polar surface area (TPSA) is 57.7 Å². The third-order valence-corrected chi connectivity index (χ3v) is 3.76. The Kier molecular flexibility index (Phi) is 4.00. The second-order valence-electron chi connectivity index (χ2n) is 5.10. The molecule has 0 aliphatic carbocycles. The lowest BCUT2D eigenvalue weighted by Gasteiger charge is -2.24. The second kappa shape index (κ2) is 5.44. The van der Waals surface area contributed by atoms with Crippen molar-refractivity contribution in [2.24, 2.45) is 0 Å². The van der Waals surface area contributed by atoms with Crippen LogP contribution in [0.15, 0.2) is 12.1 Å². The zero-order chi connectivity index (χ0) is 15.9. The van der Waals surface area contributed by atoms with Gasteiger partial charge >= 0.3 is 0 Å². The van der Waals surface area contributed by atoms with Gasteiger partial charge < -0.3 is 4.90 Å². The van der Waals surface area contributed by atoms with Gasteiger partial charge in [-0.15, -0.1) is 0 Å². The minimum atomic E-state index is -0.850. The SMILES string of the molecule is CC(C)N(C)C(=O)CN1C(=O)C(=O)c2cc(Cl)c(F)cc21. The fourth-order valence-corrected chi connectivity index (χ4v) is 2.14. The van der Waals surface area contributed by atoms with E-state index < -0.39 is 17.5 Å². The number of nitrogens with zero attached hydrogens (tertiary/aromatic N) is 2. The first-order chi connectivity index (χ1) is 9.73. The maximum atomic E-state index is 13.5. The largest absolute Gasteiger partial charge is 0.342 e. The molecule has 2 rings (SSSR count). The first kappa shape index (κ1) is 15.4. The Labute approximate surface area is 126 Å². The number of ketones is 1. The molecule has 1 heterocycles. The number of benzene rings is 1. The molecule has 5 nitrogen and oxygen atoms in total. The summed E-state index contributed by atoms with van der Waals surface area (Å²) in [5.74, 6) is -2.72. The summed E-state index contributed by atoms with van der Waals surface area (Å²) >= 11 is 5.62. The van der Waals surface area contributed by atoms with Crippen LogP contribution in [-0.2, 0) is 9.59 Å². The van der Waals surface area contributed by atoms with Gasteiger partial charge in [-0.05, 0) is 26.0 Å². The minimum Gasteiger partial charge on any atom is -0.342 e. The van der Waals surface area contributed by atoms with Crippen LogP contribution in [0.3, 0.4) is 0 Å². The number of carbonyl (C=O) groups excluding carboxylic acids is 3. The summed E-state index contributed by atoms with van der Waals surface area (Å²) in [6.45, 7) is 3.33. The number of fused-ring (bicyclic) bond motifs is 1. The maximum Gasteiger partial charge on any atom is 0.299 e. The minimum absolute atomic E-state index is 0.0198. The monoisotopic (exact) mass is 312 g/mol. The van der Waals surface area contributed by atoms with Gasteiger partial charge in [0, 0.05) is 13.1 Å². The average molecular weight is 313 g/mol. The van der Waals surface area contributed by atoms with Crippen molar-refractivity contribution in [2.75, 3.05) is 18.5 Å². The third kappa shape index (κ3) is 2.63. The van der Waals surface area contributed by atoms with Crippen molar-refractivity contribution in [3.63, 3.8) is 0 Å². The summed E-state index contributed by atoms with van der Waals surface area (Å²) in [6, 6.07) is 2.07. The molecule has 0 bridgehead atoms. The molecule has 0 radical (unpaired) electrons. The smallest absolute Gasteiger partial charge is 0.299 e. The fraction of sp³-hybridized carbons (Fsp3) is 0.357. The lowest BCUT2D eigenvalue weighted by atomic mass is 10.1. The Bertz CT molecular complexity index is 645. The molecule has 1 aromatic rings. The van der Waals surface area contributed by atoms with E-state index in [9.17, 15) is 18.8 Å². The van der Waals surface area contributed by atoms with E-state index in [1.165, 1.54) is 4.90 Å². The number of carbonyl (C=O) groups is 3.